The summed E-state index contributed by atoms with van der Waals surface area (Å²) in [5.74, 6) is 0.851. The molecule has 2 rings (SSSR count). The molecule has 0 bridgehead atoms. The van der Waals surface area contributed by atoms with Crippen LogP contribution in [-0.4, -0.2) is 47.2 Å². The molecule has 0 saturated carbocycles. The van der Waals surface area contributed by atoms with E-state index in [0.717, 1.165) is 0 Å². The number of piperidine rings is 1. The van der Waals surface area contributed by atoms with E-state index >= 15 is 0 Å². The molecule has 1 fully saturated rings. The third-order valence-corrected chi connectivity index (χ3v) is 3.94. The number of aryl methyl sites for hydroxylation is 1. The van der Waals surface area contributed by atoms with Crippen LogP contribution in [-0.2, 0) is 0 Å². The van der Waals surface area contributed by atoms with Crippen LogP contribution in [0.1, 0.15) is 18.4 Å². The Morgan fingerprint density at radius 1 is 1.43 bits per heavy atom. The lowest BCUT2D eigenvalue weighted by molar-refractivity contribution is -0.385. The predicted molar refractivity (Wildman–Crippen MR) is 79.3 cm³/mol. The zero-order valence-electron chi connectivity index (χ0n) is 12.8. The number of nitrogens with one attached hydrogen (secondary N) is 1. The summed E-state index contributed by atoms with van der Waals surface area (Å²) in [5, 5.41) is 13.8. The molecule has 0 aromatic carbocycles. The highest BCUT2D eigenvalue weighted by atomic mass is 19.4. The van der Waals surface area contributed by atoms with E-state index in [0.29, 0.717) is 43.9 Å². The number of anilines is 1. The van der Waals surface area contributed by atoms with Crippen molar-refractivity contribution >= 4 is 11.5 Å². The van der Waals surface area contributed by atoms with Gasteiger partial charge in [-0.1, -0.05) is 0 Å². The van der Waals surface area contributed by atoms with Gasteiger partial charge in [-0.05, 0) is 44.3 Å². The summed E-state index contributed by atoms with van der Waals surface area (Å²) in [5.41, 5.74) is 0.613. The molecule has 2 heterocycles. The van der Waals surface area contributed by atoms with E-state index < -0.39 is 17.6 Å². The molecule has 23 heavy (non-hydrogen) atoms. The topological polar surface area (TPSA) is 71.3 Å². The van der Waals surface area contributed by atoms with Gasteiger partial charge in [-0.25, -0.2) is 4.98 Å². The van der Waals surface area contributed by atoms with Crippen molar-refractivity contribution in [3.8, 4) is 0 Å². The maximum atomic E-state index is 12.3. The van der Waals surface area contributed by atoms with E-state index in [-0.39, 0.29) is 11.6 Å². The zero-order chi connectivity index (χ0) is 17.0. The maximum absolute atomic E-state index is 12.3. The van der Waals surface area contributed by atoms with Gasteiger partial charge in [0.25, 0.3) is 5.69 Å². The summed E-state index contributed by atoms with van der Waals surface area (Å²) in [6.45, 7) is 2.34. The molecule has 1 N–H and O–H groups in total. The molecule has 0 radical (unpaired) electrons. The van der Waals surface area contributed by atoms with Crippen molar-refractivity contribution in [2.24, 2.45) is 5.92 Å². The standard InChI is InChI=1S/C14H19F3N4O2/c1-10-6-12(21(22)23)8-19-13(10)18-7-11-2-4-20(5-3-11)9-14(15,16)17/h6,8,11H,2-5,7,9H2,1H3,(H,18,19). The normalized spacial score (nSPS) is 17.2. The minimum atomic E-state index is -4.15. The second-order valence-electron chi connectivity index (χ2n) is 5.83. The number of rotatable bonds is 5. The second-order valence-corrected chi connectivity index (χ2v) is 5.83. The molecule has 128 valence electrons. The van der Waals surface area contributed by atoms with Gasteiger partial charge in [-0.2, -0.15) is 13.2 Å². The van der Waals surface area contributed by atoms with Gasteiger partial charge in [0.1, 0.15) is 12.0 Å². The van der Waals surface area contributed by atoms with Gasteiger partial charge in [0.05, 0.1) is 11.5 Å². The summed E-state index contributed by atoms with van der Waals surface area (Å²) < 4.78 is 37.0. The van der Waals surface area contributed by atoms with E-state index in [1.54, 1.807) is 6.92 Å². The Bertz CT molecular complexity index is 557. The molecular formula is C14H19F3N4O2. The van der Waals surface area contributed by atoms with Gasteiger partial charge in [-0.15, -0.1) is 0 Å². The van der Waals surface area contributed by atoms with Gasteiger partial charge in [-0.3, -0.25) is 15.0 Å². The summed E-state index contributed by atoms with van der Waals surface area (Å²) in [6, 6.07) is 1.45. The van der Waals surface area contributed by atoms with Crippen molar-refractivity contribution in [2.45, 2.75) is 25.9 Å². The Kier molecular flexibility index (Phi) is 5.40. The Hall–Kier alpha value is -1.90. The number of hydrogen-bond donors (Lipinski definition) is 1. The van der Waals surface area contributed by atoms with Crippen LogP contribution in [0.25, 0.3) is 0 Å². The molecule has 1 saturated heterocycles. The van der Waals surface area contributed by atoms with E-state index in [1.807, 2.05) is 0 Å². The van der Waals surface area contributed by atoms with Crippen LogP contribution in [0.5, 0.6) is 0 Å². The van der Waals surface area contributed by atoms with Gasteiger partial charge in [0, 0.05) is 12.6 Å². The van der Waals surface area contributed by atoms with Crippen molar-refractivity contribution in [3.63, 3.8) is 0 Å². The predicted octanol–water partition coefficient (Wildman–Crippen LogP) is 2.98. The number of aromatic nitrogens is 1. The molecule has 0 aliphatic carbocycles. The van der Waals surface area contributed by atoms with Crippen LogP contribution in [0.15, 0.2) is 12.3 Å². The Morgan fingerprint density at radius 2 is 2.09 bits per heavy atom. The molecule has 6 nitrogen and oxygen atoms in total. The number of halogens is 3. The summed E-state index contributed by atoms with van der Waals surface area (Å²) in [4.78, 5) is 15.6. The first-order valence-corrected chi connectivity index (χ1v) is 7.38. The number of likely N-dealkylation sites (tertiary alicyclic amines) is 1. The second kappa shape index (κ2) is 7.12. The van der Waals surface area contributed by atoms with Crippen molar-refractivity contribution in [3.05, 3.63) is 27.9 Å². The molecule has 9 heteroatoms. The molecule has 1 aliphatic heterocycles. The number of nitrogens with zero attached hydrogens (tertiary/aromatic N) is 3. The average Bonchev–Trinajstić information content (AvgIpc) is 2.45. The summed E-state index contributed by atoms with van der Waals surface area (Å²) in [6.07, 6.45) is -1.57. The summed E-state index contributed by atoms with van der Waals surface area (Å²) in [7, 11) is 0. The third-order valence-electron chi connectivity index (χ3n) is 3.94. The first-order chi connectivity index (χ1) is 10.7. The molecule has 1 aromatic heterocycles. The average molecular weight is 332 g/mol. The minimum absolute atomic E-state index is 0.0616. The smallest absolute Gasteiger partial charge is 0.370 e. The molecule has 0 spiro atoms. The van der Waals surface area contributed by atoms with Crippen molar-refractivity contribution in [1.82, 2.24) is 9.88 Å². The minimum Gasteiger partial charge on any atom is -0.370 e. The van der Waals surface area contributed by atoms with E-state index in [1.165, 1.54) is 17.2 Å². The fourth-order valence-electron chi connectivity index (χ4n) is 2.69. The Balaban J connectivity index is 1.80. The van der Waals surface area contributed by atoms with Crippen molar-refractivity contribution in [2.75, 3.05) is 31.5 Å². The summed E-state index contributed by atoms with van der Waals surface area (Å²) >= 11 is 0. The maximum Gasteiger partial charge on any atom is 0.401 e. The lowest BCUT2D eigenvalue weighted by atomic mass is 9.96. The Morgan fingerprint density at radius 3 is 2.61 bits per heavy atom. The largest absolute Gasteiger partial charge is 0.401 e. The van der Waals surface area contributed by atoms with Crippen LogP contribution >= 0.6 is 0 Å². The number of pyridine rings is 1. The first kappa shape index (κ1) is 17.5. The van der Waals surface area contributed by atoms with Crippen LogP contribution < -0.4 is 5.32 Å². The quantitative estimate of drug-likeness (QED) is 0.663. The van der Waals surface area contributed by atoms with Gasteiger partial charge < -0.3 is 5.32 Å². The Labute approximate surface area is 131 Å². The molecule has 1 aromatic rings. The fourth-order valence-corrected chi connectivity index (χ4v) is 2.69. The highest BCUT2D eigenvalue weighted by Gasteiger charge is 2.32. The fraction of sp³-hybridized carbons (Fsp3) is 0.643. The lowest BCUT2D eigenvalue weighted by Crippen LogP contribution is -2.41. The van der Waals surface area contributed by atoms with Crippen molar-refractivity contribution < 1.29 is 18.1 Å². The number of nitro groups is 1. The lowest BCUT2D eigenvalue weighted by Gasteiger charge is -2.32. The van der Waals surface area contributed by atoms with Crippen LogP contribution in [0.3, 0.4) is 0 Å². The first-order valence-electron chi connectivity index (χ1n) is 7.38. The molecule has 0 atom stereocenters. The van der Waals surface area contributed by atoms with Gasteiger partial charge in [0.15, 0.2) is 0 Å². The van der Waals surface area contributed by atoms with E-state index in [9.17, 15) is 23.3 Å². The zero-order valence-corrected chi connectivity index (χ0v) is 12.8. The SMILES string of the molecule is Cc1cc([N+](=O)[O-])cnc1NCC1CCN(CC(F)(F)F)CC1. The van der Waals surface area contributed by atoms with Crippen LogP contribution in [0, 0.1) is 23.0 Å². The third kappa shape index (κ3) is 5.34. The van der Waals surface area contributed by atoms with Crippen molar-refractivity contribution in [1.29, 1.82) is 0 Å². The molecule has 1 aliphatic rings. The number of alkyl halides is 3. The molecule has 0 unspecified atom stereocenters. The molecule has 0 amide bonds. The monoisotopic (exact) mass is 332 g/mol. The van der Waals surface area contributed by atoms with Gasteiger partial charge >= 0.3 is 6.18 Å². The van der Waals surface area contributed by atoms with Crippen LogP contribution in [0.4, 0.5) is 24.7 Å². The highest BCUT2D eigenvalue weighted by molar-refractivity contribution is 5.48. The van der Waals surface area contributed by atoms with Crippen LogP contribution in [0.2, 0.25) is 0 Å². The number of hydrogen-bond acceptors (Lipinski definition) is 5. The van der Waals surface area contributed by atoms with E-state index in [4.69, 9.17) is 0 Å². The van der Waals surface area contributed by atoms with Gasteiger partial charge in [0.2, 0.25) is 0 Å². The highest BCUT2D eigenvalue weighted by Crippen LogP contribution is 2.23. The molecular weight excluding hydrogens is 313 g/mol. The van der Waals surface area contributed by atoms with E-state index in [2.05, 4.69) is 10.3 Å².